The molecule has 0 unspecified atom stereocenters. The van der Waals surface area contributed by atoms with Crippen LogP contribution < -0.4 is 4.74 Å². The molecule has 1 aliphatic rings. The smallest absolute Gasteiger partial charge is 0.294 e. The maximum atomic E-state index is 12.3. The molecular formula is C24H15Cl2NO3S. The molecule has 31 heavy (non-hydrogen) atoms. The van der Waals surface area contributed by atoms with Crippen LogP contribution in [0.4, 0.5) is 4.79 Å². The highest BCUT2D eigenvalue weighted by Crippen LogP contribution is 2.38. The predicted octanol–water partition coefficient (Wildman–Crippen LogP) is 6.40. The zero-order chi connectivity index (χ0) is 22.0. The van der Waals surface area contributed by atoms with Crippen LogP contribution in [0.2, 0.25) is 10.0 Å². The molecule has 0 aliphatic carbocycles. The summed E-state index contributed by atoms with van der Waals surface area (Å²) in [6, 6.07) is 17.3. The number of carbonyl (C=O) groups excluding carboxylic acids is 2. The lowest BCUT2D eigenvalue weighted by Crippen LogP contribution is -2.28. The van der Waals surface area contributed by atoms with Crippen LogP contribution in [0.1, 0.15) is 11.1 Å². The summed E-state index contributed by atoms with van der Waals surface area (Å²) in [6.45, 7) is 0.232. The minimum absolute atomic E-state index is 0.0650. The van der Waals surface area contributed by atoms with Crippen molar-refractivity contribution in [2.45, 2.75) is 6.61 Å². The van der Waals surface area contributed by atoms with E-state index in [1.807, 2.05) is 42.5 Å². The monoisotopic (exact) mass is 467 g/mol. The van der Waals surface area contributed by atoms with E-state index in [-0.39, 0.29) is 11.4 Å². The van der Waals surface area contributed by atoms with Gasteiger partial charge >= 0.3 is 0 Å². The molecule has 0 atom stereocenters. The van der Waals surface area contributed by atoms with Crippen molar-refractivity contribution in [3.8, 4) is 18.1 Å². The van der Waals surface area contributed by atoms with Crippen LogP contribution in [-0.2, 0) is 11.4 Å². The maximum absolute atomic E-state index is 12.3. The third-order valence-electron chi connectivity index (χ3n) is 4.69. The summed E-state index contributed by atoms with van der Waals surface area (Å²) in [5, 5.41) is 2.43. The van der Waals surface area contributed by atoms with Gasteiger partial charge in [-0.1, -0.05) is 71.6 Å². The normalized spacial score (nSPS) is 15.0. The van der Waals surface area contributed by atoms with Crippen LogP contribution in [-0.4, -0.2) is 22.6 Å². The fourth-order valence-corrected chi connectivity index (χ4v) is 4.70. The second-order valence-corrected chi connectivity index (χ2v) is 8.52. The summed E-state index contributed by atoms with van der Waals surface area (Å²) in [7, 11) is 0. The fraction of sp³-hybridized carbons (Fsp3) is 0.0833. The third kappa shape index (κ3) is 4.42. The van der Waals surface area contributed by atoms with Crippen molar-refractivity contribution in [1.29, 1.82) is 0 Å². The number of hydrogen-bond acceptors (Lipinski definition) is 4. The molecule has 1 aliphatic heterocycles. The second kappa shape index (κ2) is 9.07. The van der Waals surface area contributed by atoms with Crippen LogP contribution in [0.3, 0.4) is 0 Å². The highest BCUT2D eigenvalue weighted by atomic mass is 35.5. The van der Waals surface area contributed by atoms with Crippen LogP contribution >= 0.6 is 35.0 Å². The number of amides is 2. The Kier molecular flexibility index (Phi) is 6.24. The van der Waals surface area contributed by atoms with Gasteiger partial charge in [-0.25, -0.2) is 0 Å². The largest absolute Gasteiger partial charge is 0.486 e. The number of nitrogens with zero attached hydrogens (tertiary/aromatic N) is 1. The average Bonchev–Trinajstić information content (AvgIpc) is 3.01. The van der Waals surface area contributed by atoms with Crippen molar-refractivity contribution in [3.05, 3.63) is 80.7 Å². The second-order valence-electron chi connectivity index (χ2n) is 6.71. The zero-order valence-corrected chi connectivity index (χ0v) is 18.4. The van der Waals surface area contributed by atoms with E-state index in [0.29, 0.717) is 28.0 Å². The quantitative estimate of drug-likeness (QED) is 0.321. The first-order chi connectivity index (χ1) is 15.0. The number of hydrogen-bond donors (Lipinski definition) is 0. The molecular weight excluding hydrogens is 453 g/mol. The Hall–Kier alpha value is -2.91. The van der Waals surface area contributed by atoms with E-state index >= 15 is 0 Å². The molecule has 4 rings (SSSR count). The number of carbonyl (C=O) groups is 2. The molecule has 0 N–H and O–H groups in total. The van der Waals surface area contributed by atoms with Gasteiger partial charge in [-0.3, -0.25) is 14.5 Å². The van der Waals surface area contributed by atoms with E-state index in [2.05, 4.69) is 5.92 Å². The number of imide groups is 1. The Morgan fingerprint density at radius 3 is 2.52 bits per heavy atom. The predicted molar refractivity (Wildman–Crippen MR) is 126 cm³/mol. The molecule has 7 heteroatoms. The number of benzene rings is 3. The van der Waals surface area contributed by atoms with Crippen molar-refractivity contribution in [1.82, 2.24) is 4.90 Å². The number of ether oxygens (including phenoxy) is 1. The van der Waals surface area contributed by atoms with Gasteiger partial charge in [0.1, 0.15) is 6.61 Å². The van der Waals surface area contributed by atoms with E-state index in [9.17, 15) is 9.59 Å². The SMILES string of the molecule is C#CCN1C(=O)S/C(=C/c2cc(Cl)c(OCc3cccc4ccccc34)c(Cl)c2)C1=O. The molecule has 3 aromatic rings. The molecule has 154 valence electrons. The minimum atomic E-state index is -0.434. The summed E-state index contributed by atoms with van der Waals surface area (Å²) in [5.74, 6) is 2.23. The van der Waals surface area contributed by atoms with Gasteiger partial charge in [0.15, 0.2) is 5.75 Å². The Balaban J connectivity index is 1.56. The molecule has 1 fully saturated rings. The van der Waals surface area contributed by atoms with Crippen LogP contribution in [0, 0.1) is 12.3 Å². The average molecular weight is 468 g/mol. The number of rotatable bonds is 5. The molecule has 4 nitrogen and oxygen atoms in total. The molecule has 0 spiro atoms. The van der Waals surface area contributed by atoms with Crippen molar-refractivity contribution >= 4 is 63.0 Å². The van der Waals surface area contributed by atoms with Gasteiger partial charge in [0.25, 0.3) is 11.1 Å². The number of fused-ring (bicyclic) bond motifs is 1. The van der Waals surface area contributed by atoms with Gasteiger partial charge in [0.05, 0.1) is 21.5 Å². The zero-order valence-electron chi connectivity index (χ0n) is 16.1. The van der Waals surface area contributed by atoms with E-state index in [1.54, 1.807) is 18.2 Å². The third-order valence-corrected chi connectivity index (χ3v) is 6.16. The first kappa shape index (κ1) is 21.3. The fourth-order valence-electron chi connectivity index (χ4n) is 3.25. The van der Waals surface area contributed by atoms with Gasteiger partial charge in [-0.15, -0.1) is 6.42 Å². The summed E-state index contributed by atoms with van der Waals surface area (Å²) >= 11 is 13.7. The van der Waals surface area contributed by atoms with Crippen LogP contribution in [0.15, 0.2) is 59.5 Å². The van der Waals surface area contributed by atoms with Crippen molar-refractivity contribution in [2.75, 3.05) is 6.54 Å². The lowest BCUT2D eigenvalue weighted by Gasteiger charge is -2.13. The number of thioether (sulfide) groups is 1. The molecule has 1 saturated heterocycles. The number of terminal acetylenes is 1. The van der Waals surface area contributed by atoms with Crippen LogP contribution in [0.25, 0.3) is 16.8 Å². The van der Waals surface area contributed by atoms with Crippen molar-refractivity contribution < 1.29 is 14.3 Å². The standard InChI is InChI=1S/C24H15Cl2NO3S/c1-2-10-27-23(28)21(31-24(27)29)13-15-11-19(25)22(20(26)12-15)30-14-17-8-5-7-16-6-3-4-9-18(16)17/h1,3-9,11-13H,10,14H2/b21-13+. The highest BCUT2D eigenvalue weighted by molar-refractivity contribution is 8.18. The van der Waals surface area contributed by atoms with E-state index in [1.165, 1.54) is 0 Å². The first-order valence-electron chi connectivity index (χ1n) is 9.25. The lowest BCUT2D eigenvalue weighted by atomic mass is 10.1. The molecule has 0 radical (unpaired) electrons. The van der Waals surface area contributed by atoms with Gasteiger partial charge in [-0.05, 0) is 51.9 Å². The van der Waals surface area contributed by atoms with E-state index in [0.717, 1.165) is 33.0 Å². The molecule has 1 heterocycles. The van der Waals surface area contributed by atoms with Gasteiger partial charge in [0.2, 0.25) is 0 Å². The van der Waals surface area contributed by atoms with Crippen molar-refractivity contribution in [3.63, 3.8) is 0 Å². The first-order valence-corrected chi connectivity index (χ1v) is 10.8. The Morgan fingerprint density at radius 1 is 1.06 bits per heavy atom. The summed E-state index contributed by atoms with van der Waals surface area (Å²) in [6.07, 6.45) is 6.78. The Bertz CT molecular complexity index is 1250. The van der Waals surface area contributed by atoms with E-state index in [4.69, 9.17) is 34.4 Å². The summed E-state index contributed by atoms with van der Waals surface area (Å²) in [4.78, 5) is 25.6. The Labute approximate surface area is 193 Å². The van der Waals surface area contributed by atoms with Gasteiger partial charge < -0.3 is 4.74 Å². The van der Waals surface area contributed by atoms with Crippen molar-refractivity contribution in [2.24, 2.45) is 0 Å². The number of halogens is 2. The van der Waals surface area contributed by atoms with Crippen LogP contribution in [0.5, 0.6) is 5.75 Å². The topological polar surface area (TPSA) is 46.6 Å². The van der Waals surface area contributed by atoms with Gasteiger partial charge in [-0.2, -0.15) is 0 Å². The highest BCUT2D eigenvalue weighted by Gasteiger charge is 2.34. The van der Waals surface area contributed by atoms with Gasteiger partial charge in [0, 0.05) is 0 Å². The van der Waals surface area contributed by atoms with E-state index < -0.39 is 11.1 Å². The molecule has 2 amide bonds. The maximum Gasteiger partial charge on any atom is 0.294 e. The minimum Gasteiger partial charge on any atom is -0.486 e. The molecule has 0 aromatic heterocycles. The summed E-state index contributed by atoms with van der Waals surface area (Å²) in [5.41, 5.74) is 1.59. The lowest BCUT2D eigenvalue weighted by molar-refractivity contribution is -0.122. The Morgan fingerprint density at radius 2 is 1.77 bits per heavy atom. The summed E-state index contributed by atoms with van der Waals surface area (Å²) < 4.78 is 5.93. The molecule has 0 saturated carbocycles. The molecule has 0 bridgehead atoms. The molecule has 3 aromatic carbocycles.